The fraction of sp³-hybridized carbons (Fsp3) is 0.333. The highest BCUT2D eigenvalue weighted by atomic mass is 16.6. The van der Waals surface area contributed by atoms with Crippen molar-refractivity contribution in [3.05, 3.63) is 24.4 Å². The van der Waals surface area contributed by atoms with Crippen LogP contribution in [0.25, 0.3) is 10.9 Å². The fourth-order valence-corrected chi connectivity index (χ4v) is 1.49. The zero-order valence-corrected chi connectivity index (χ0v) is 10.1. The summed E-state index contributed by atoms with van der Waals surface area (Å²) in [6.07, 6.45) is 1.23. The summed E-state index contributed by atoms with van der Waals surface area (Å²) in [5.41, 5.74) is 0.944. The van der Waals surface area contributed by atoms with Crippen molar-refractivity contribution in [1.82, 2.24) is 10.2 Å². The number of nitrogens with zero attached hydrogens (tertiary/aromatic N) is 1. The van der Waals surface area contributed by atoms with Gasteiger partial charge in [0.25, 0.3) is 0 Å². The lowest BCUT2D eigenvalue weighted by Gasteiger charge is -2.19. The number of hydrogen-bond acceptors (Lipinski definition) is 3. The topological polar surface area (TPSA) is 67.0 Å². The average molecular weight is 233 g/mol. The Bertz CT molecular complexity index is 540. The number of carbonyl (C=O) groups is 1. The molecule has 2 aromatic rings. The summed E-state index contributed by atoms with van der Waals surface area (Å²) >= 11 is 0. The van der Waals surface area contributed by atoms with Crippen molar-refractivity contribution in [3.63, 3.8) is 0 Å². The fourth-order valence-electron chi connectivity index (χ4n) is 1.49. The maximum Gasteiger partial charge on any atom is 0.412 e. The van der Waals surface area contributed by atoms with Crippen LogP contribution in [0.3, 0.4) is 0 Å². The molecular weight excluding hydrogens is 218 g/mol. The average Bonchev–Trinajstić information content (AvgIpc) is 2.63. The van der Waals surface area contributed by atoms with E-state index in [1.807, 2.05) is 32.9 Å². The number of ether oxygens (including phenoxy) is 1. The van der Waals surface area contributed by atoms with Gasteiger partial charge < -0.3 is 4.74 Å². The lowest BCUT2D eigenvalue weighted by Crippen LogP contribution is -2.27. The smallest absolute Gasteiger partial charge is 0.412 e. The Morgan fingerprint density at radius 1 is 1.41 bits per heavy atom. The Balaban J connectivity index is 2.18. The molecule has 0 aliphatic heterocycles. The van der Waals surface area contributed by atoms with Crippen LogP contribution in [0.4, 0.5) is 10.5 Å². The van der Waals surface area contributed by atoms with Gasteiger partial charge in [0.15, 0.2) is 0 Å². The van der Waals surface area contributed by atoms with E-state index in [1.165, 1.54) is 0 Å². The lowest BCUT2D eigenvalue weighted by atomic mass is 10.2. The third-order valence-electron chi connectivity index (χ3n) is 2.11. The summed E-state index contributed by atoms with van der Waals surface area (Å²) < 4.78 is 5.18. The van der Waals surface area contributed by atoms with E-state index in [4.69, 9.17) is 4.74 Å². The quantitative estimate of drug-likeness (QED) is 0.795. The van der Waals surface area contributed by atoms with Crippen LogP contribution >= 0.6 is 0 Å². The van der Waals surface area contributed by atoms with E-state index in [-0.39, 0.29) is 0 Å². The van der Waals surface area contributed by atoms with Crippen molar-refractivity contribution in [2.75, 3.05) is 5.32 Å². The van der Waals surface area contributed by atoms with Crippen molar-refractivity contribution in [2.24, 2.45) is 0 Å². The number of carbonyl (C=O) groups excluding carboxylic acids is 1. The van der Waals surface area contributed by atoms with Gasteiger partial charge in [-0.2, -0.15) is 5.10 Å². The molecule has 1 aromatic carbocycles. The summed E-state index contributed by atoms with van der Waals surface area (Å²) in [5.74, 6) is 0. The molecule has 1 aromatic heterocycles. The van der Waals surface area contributed by atoms with Crippen LogP contribution in [-0.2, 0) is 4.74 Å². The minimum Gasteiger partial charge on any atom is -0.444 e. The predicted molar refractivity (Wildman–Crippen MR) is 66.0 cm³/mol. The van der Waals surface area contributed by atoms with Gasteiger partial charge >= 0.3 is 6.09 Å². The molecule has 0 aliphatic carbocycles. The van der Waals surface area contributed by atoms with Crippen molar-refractivity contribution in [2.45, 2.75) is 26.4 Å². The number of H-pyrrole nitrogens is 1. The highest BCUT2D eigenvalue weighted by Gasteiger charge is 2.16. The van der Waals surface area contributed by atoms with Gasteiger partial charge in [0, 0.05) is 5.39 Å². The molecule has 5 heteroatoms. The number of anilines is 1. The first kappa shape index (κ1) is 11.4. The van der Waals surface area contributed by atoms with Crippen LogP contribution in [0.1, 0.15) is 20.8 Å². The second-order valence-corrected chi connectivity index (χ2v) is 4.77. The first-order valence-electron chi connectivity index (χ1n) is 5.38. The van der Waals surface area contributed by atoms with Crippen LogP contribution in [0.5, 0.6) is 0 Å². The molecule has 0 saturated heterocycles. The Morgan fingerprint density at radius 2 is 2.18 bits per heavy atom. The first-order chi connectivity index (χ1) is 7.96. The van der Waals surface area contributed by atoms with Crippen LogP contribution in [0, 0.1) is 0 Å². The number of fused-ring (bicyclic) bond motifs is 1. The molecule has 0 fully saturated rings. The van der Waals surface area contributed by atoms with Crippen molar-refractivity contribution >= 4 is 22.7 Å². The zero-order valence-electron chi connectivity index (χ0n) is 10.1. The summed E-state index contributed by atoms with van der Waals surface area (Å²) in [6, 6.07) is 5.56. The third-order valence-corrected chi connectivity index (χ3v) is 2.11. The van der Waals surface area contributed by atoms with Gasteiger partial charge in [-0.05, 0) is 26.8 Å². The van der Waals surface area contributed by atoms with Gasteiger partial charge in [0.2, 0.25) is 0 Å². The number of amides is 1. The third kappa shape index (κ3) is 2.75. The number of benzene rings is 1. The van der Waals surface area contributed by atoms with Gasteiger partial charge in [-0.1, -0.05) is 12.1 Å². The second kappa shape index (κ2) is 4.08. The van der Waals surface area contributed by atoms with Gasteiger partial charge in [-0.3, -0.25) is 10.4 Å². The molecule has 0 unspecified atom stereocenters. The van der Waals surface area contributed by atoms with Gasteiger partial charge in [0.05, 0.1) is 17.4 Å². The molecular formula is C12H15N3O2. The molecule has 17 heavy (non-hydrogen) atoms. The lowest BCUT2D eigenvalue weighted by molar-refractivity contribution is 0.0636. The Hall–Kier alpha value is -2.04. The number of hydrogen-bond donors (Lipinski definition) is 2. The minimum atomic E-state index is -0.508. The van der Waals surface area contributed by atoms with Crippen molar-refractivity contribution in [3.8, 4) is 0 Å². The standard InChI is InChI=1S/C12H15N3O2/c1-12(2,3)17-11(16)14-9-6-4-5-8-7-13-15-10(8)9/h4-7H,1-3H3,(H,13,15)(H,14,16). The van der Waals surface area contributed by atoms with Crippen LogP contribution in [0.2, 0.25) is 0 Å². The molecule has 1 amide bonds. The Morgan fingerprint density at radius 3 is 2.88 bits per heavy atom. The maximum atomic E-state index is 11.6. The van der Waals surface area contributed by atoms with E-state index >= 15 is 0 Å². The summed E-state index contributed by atoms with van der Waals surface area (Å²) in [6.45, 7) is 5.47. The normalized spacial score (nSPS) is 11.5. The van der Waals surface area contributed by atoms with E-state index in [2.05, 4.69) is 15.5 Å². The summed E-state index contributed by atoms with van der Waals surface area (Å²) in [5, 5.41) is 10.4. The number of aromatic amines is 1. The molecule has 5 nitrogen and oxygen atoms in total. The molecule has 2 N–H and O–H groups in total. The second-order valence-electron chi connectivity index (χ2n) is 4.77. The highest BCUT2D eigenvalue weighted by Crippen LogP contribution is 2.21. The Labute approximate surface area is 99.2 Å². The molecule has 0 radical (unpaired) electrons. The van der Waals surface area contributed by atoms with E-state index in [0.717, 1.165) is 10.9 Å². The number of para-hydroxylation sites is 1. The number of aromatic nitrogens is 2. The number of nitrogens with one attached hydrogen (secondary N) is 2. The van der Waals surface area contributed by atoms with E-state index in [0.29, 0.717) is 5.69 Å². The van der Waals surface area contributed by atoms with Gasteiger partial charge in [-0.25, -0.2) is 4.79 Å². The molecule has 0 aliphatic rings. The molecule has 2 rings (SSSR count). The molecule has 0 saturated carbocycles. The molecule has 0 spiro atoms. The van der Waals surface area contributed by atoms with E-state index in [1.54, 1.807) is 12.3 Å². The van der Waals surface area contributed by atoms with Gasteiger partial charge in [0.1, 0.15) is 5.60 Å². The van der Waals surface area contributed by atoms with Crippen LogP contribution in [0.15, 0.2) is 24.4 Å². The molecule has 90 valence electrons. The predicted octanol–water partition coefficient (Wildman–Crippen LogP) is 2.91. The monoisotopic (exact) mass is 233 g/mol. The number of rotatable bonds is 1. The highest BCUT2D eigenvalue weighted by molar-refractivity contribution is 5.97. The van der Waals surface area contributed by atoms with Crippen molar-refractivity contribution in [1.29, 1.82) is 0 Å². The Kier molecular flexibility index (Phi) is 2.75. The summed E-state index contributed by atoms with van der Waals surface area (Å²) in [7, 11) is 0. The van der Waals surface area contributed by atoms with Crippen molar-refractivity contribution < 1.29 is 9.53 Å². The summed E-state index contributed by atoms with van der Waals surface area (Å²) in [4.78, 5) is 11.6. The molecule has 0 bridgehead atoms. The van der Waals surface area contributed by atoms with Crippen LogP contribution < -0.4 is 5.32 Å². The zero-order chi connectivity index (χ0) is 12.5. The van der Waals surface area contributed by atoms with E-state index in [9.17, 15) is 4.79 Å². The first-order valence-corrected chi connectivity index (χ1v) is 5.38. The minimum absolute atomic E-state index is 0.473. The molecule has 1 heterocycles. The van der Waals surface area contributed by atoms with E-state index < -0.39 is 11.7 Å². The largest absolute Gasteiger partial charge is 0.444 e. The maximum absolute atomic E-state index is 11.6. The van der Waals surface area contributed by atoms with Crippen LogP contribution in [-0.4, -0.2) is 21.9 Å². The van der Waals surface area contributed by atoms with Gasteiger partial charge in [-0.15, -0.1) is 0 Å². The SMILES string of the molecule is CC(C)(C)OC(=O)Nc1cccc2cn[nH]c12. The molecule has 0 atom stereocenters.